The quantitative estimate of drug-likeness (QED) is 0.508. The van der Waals surface area contributed by atoms with Crippen LogP contribution in [0, 0.1) is 0 Å². The van der Waals surface area contributed by atoms with Crippen molar-refractivity contribution in [3.63, 3.8) is 0 Å². The average molecular weight is 427 g/mol. The Hall–Kier alpha value is -4.20. The van der Waals surface area contributed by atoms with Gasteiger partial charge >= 0.3 is 0 Å². The van der Waals surface area contributed by atoms with E-state index < -0.39 is 6.04 Å². The zero-order valence-corrected chi connectivity index (χ0v) is 17.4. The molecule has 2 aromatic heterocycles. The molecule has 1 atom stereocenters. The van der Waals surface area contributed by atoms with E-state index in [9.17, 15) is 9.59 Å². The van der Waals surface area contributed by atoms with Crippen molar-refractivity contribution in [1.29, 1.82) is 0 Å². The van der Waals surface area contributed by atoms with Crippen LogP contribution in [0.25, 0.3) is 11.0 Å². The van der Waals surface area contributed by atoms with Crippen LogP contribution < -0.4 is 15.0 Å². The molecule has 0 saturated heterocycles. The highest BCUT2D eigenvalue weighted by molar-refractivity contribution is 6.05. The fourth-order valence-corrected chi connectivity index (χ4v) is 4.02. The number of nitrogens with one attached hydrogen (secondary N) is 1. The molecule has 32 heavy (non-hydrogen) atoms. The average Bonchev–Trinajstić information content (AvgIpc) is 3.31. The minimum absolute atomic E-state index is 0.0248. The summed E-state index contributed by atoms with van der Waals surface area (Å²) in [6, 6.07) is 19.7. The Morgan fingerprint density at radius 2 is 1.84 bits per heavy atom. The number of aromatic nitrogens is 3. The van der Waals surface area contributed by atoms with Crippen molar-refractivity contribution in [3.8, 4) is 5.75 Å². The van der Waals surface area contributed by atoms with Gasteiger partial charge in [-0.1, -0.05) is 30.3 Å². The number of amides is 2. The molecule has 3 heterocycles. The van der Waals surface area contributed by atoms with Crippen LogP contribution >= 0.6 is 0 Å². The predicted molar refractivity (Wildman–Crippen MR) is 120 cm³/mol. The van der Waals surface area contributed by atoms with Crippen LogP contribution in [0.15, 0.2) is 72.9 Å². The standard InChI is InChI=1S/C24H21N5O3/c1-32-21-12-5-3-10-18(21)26-22(30)14-20-23(31)28(15-16-8-6-7-13-25-16)24-27-17-9-2-4-11-19(17)29(20)24/h2-13,20H,14-15H2,1H3,(H,26,30)/t20-/m0/s1. The molecule has 8 nitrogen and oxygen atoms in total. The molecular formula is C24H21N5O3. The lowest BCUT2D eigenvalue weighted by Gasteiger charge is -2.16. The number of imidazole rings is 1. The van der Waals surface area contributed by atoms with Gasteiger partial charge in [-0.2, -0.15) is 0 Å². The number of nitrogens with zero attached hydrogens (tertiary/aromatic N) is 4. The second kappa shape index (κ2) is 8.14. The van der Waals surface area contributed by atoms with Gasteiger partial charge in [-0.25, -0.2) is 4.98 Å². The molecular weight excluding hydrogens is 406 g/mol. The number of methoxy groups -OCH3 is 1. The maximum atomic E-state index is 13.4. The first-order chi connectivity index (χ1) is 15.7. The molecule has 0 bridgehead atoms. The van der Waals surface area contributed by atoms with Crippen LogP contribution in [0.3, 0.4) is 0 Å². The first-order valence-corrected chi connectivity index (χ1v) is 10.3. The van der Waals surface area contributed by atoms with Crippen LogP contribution in [-0.4, -0.2) is 33.5 Å². The first kappa shape index (κ1) is 19.7. The maximum absolute atomic E-state index is 13.4. The highest BCUT2D eigenvalue weighted by Gasteiger charge is 2.41. The van der Waals surface area contributed by atoms with E-state index in [2.05, 4.69) is 15.3 Å². The van der Waals surface area contributed by atoms with E-state index in [1.165, 1.54) is 0 Å². The van der Waals surface area contributed by atoms with E-state index >= 15 is 0 Å². The second-order valence-electron chi connectivity index (χ2n) is 7.48. The first-order valence-electron chi connectivity index (χ1n) is 10.3. The largest absolute Gasteiger partial charge is 0.495 e. The zero-order chi connectivity index (χ0) is 22.1. The van der Waals surface area contributed by atoms with Gasteiger partial charge in [0.05, 0.1) is 42.5 Å². The summed E-state index contributed by atoms with van der Waals surface area (Å²) < 4.78 is 7.16. The summed E-state index contributed by atoms with van der Waals surface area (Å²) >= 11 is 0. The number of carbonyl (C=O) groups is 2. The number of ether oxygens (including phenoxy) is 1. The van der Waals surface area contributed by atoms with Crippen LogP contribution in [0.1, 0.15) is 18.2 Å². The molecule has 0 fully saturated rings. The molecule has 1 N–H and O–H groups in total. The minimum atomic E-state index is -0.698. The van der Waals surface area contributed by atoms with Crippen LogP contribution in [0.2, 0.25) is 0 Å². The highest BCUT2D eigenvalue weighted by Crippen LogP contribution is 2.37. The van der Waals surface area contributed by atoms with Gasteiger partial charge in [-0.05, 0) is 36.4 Å². The van der Waals surface area contributed by atoms with Crippen molar-refractivity contribution < 1.29 is 14.3 Å². The van der Waals surface area contributed by atoms with Crippen molar-refractivity contribution in [1.82, 2.24) is 14.5 Å². The number of para-hydroxylation sites is 4. The van der Waals surface area contributed by atoms with Crippen molar-refractivity contribution in [2.75, 3.05) is 17.3 Å². The van der Waals surface area contributed by atoms with Gasteiger partial charge in [-0.3, -0.25) is 24.0 Å². The molecule has 2 aromatic carbocycles. The molecule has 8 heteroatoms. The van der Waals surface area contributed by atoms with E-state index in [1.807, 2.05) is 59.2 Å². The summed E-state index contributed by atoms with van der Waals surface area (Å²) in [5.41, 5.74) is 2.90. The Morgan fingerprint density at radius 3 is 2.66 bits per heavy atom. The van der Waals surface area contributed by atoms with E-state index in [1.54, 1.807) is 30.3 Å². The van der Waals surface area contributed by atoms with Gasteiger partial charge in [0.25, 0.3) is 5.91 Å². The lowest BCUT2D eigenvalue weighted by Crippen LogP contribution is -2.31. The second-order valence-corrected chi connectivity index (χ2v) is 7.48. The van der Waals surface area contributed by atoms with Gasteiger partial charge in [0.15, 0.2) is 0 Å². The smallest absolute Gasteiger partial charge is 0.253 e. The number of hydrogen-bond acceptors (Lipinski definition) is 5. The molecule has 0 unspecified atom stereocenters. The summed E-state index contributed by atoms with van der Waals surface area (Å²) in [5.74, 6) is 0.622. The molecule has 160 valence electrons. The van der Waals surface area contributed by atoms with Gasteiger partial charge in [0, 0.05) is 6.20 Å². The third-order valence-corrected chi connectivity index (χ3v) is 5.49. The number of fused-ring (bicyclic) bond motifs is 3. The Balaban J connectivity index is 1.47. The summed E-state index contributed by atoms with van der Waals surface area (Å²) in [5, 5.41) is 2.86. The van der Waals surface area contributed by atoms with Gasteiger partial charge in [0.1, 0.15) is 11.8 Å². The fourth-order valence-electron chi connectivity index (χ4n) is 4.02. The van der Waals surface area contributed by atoms with Crippen molar-refractivity contribution >= 4 is 34.5 Å². The molecule has 1 aliphatic heterocycles. The highest BCUT2D eigenvalue weighted by atomic mass is 16.5. The predicted octanol–water partition coefficient (Wildman–Crippen LogP) is 3.56. The van der Waals surface area contributed by atoms with Crippen molar-refractivity contribution in [2.45, 2.75) is 19.0 Å². The van der Waals surface area contributed by atoms with Crippen LogP contribution in [0.5, 0.6) is 5.75 Å². The van der Waals surface area contributed by atoms with E-state index in [4.69, 9.17) is 4.74 Å². The SMILES string of the molecule is COc1ccccc1NC(=O)C[C@H]1C(=O)N(Cc2ccccn2)c2nc3ccccc3n21. The Labute approximate surface area is 184 Å². The van der Waals surface area contributed by atoms with E-state index in [-0.39, 0.29) is 24.8 Å². The van der Waals surface area contributed by atoms with E-state index in [0.717, 1.165) is 16.7 Å². The topological polar surface area (TPSA) is 89.3 Å². The van der Waals surface area contributed by atoms with Gasteiger partial charge in [-0.15, -0.1) is 0 Å². The maximum Gasteiger partial charge on any atom is 0.253 e. The Morgan fingerprint density at radius 1 is 1.06 bits per heavy atom. The molecule has 0 spiro atoms. The summed E-state index contributed by atoms with van der Waals surface area (Å²) in [6.45, 7) is 0.285. The van der Waals surface area contributed by atoms with Gasteiger partial charge < -0.3 is 10.1 Å². The number of rotatable bonds is 6. The molecule has 5 rings (SSSR count). The fraction of sp³-hybridized carbons (Fsp3) is 0.167. The normalized spacial score (nSPS) is 15.1. The molecule has 0 radical (unpaired) electrons. The minimum Gasteiger partial charge on any atom is -0.495 e. The number of benzene rings is 2. The number of carbonyl (C=O) groups excluding carboxylic acids is 2. The Kier molecular flexibility index (Phi) is 5.03. The molecule has 0 aliphatic carbocycles. The lowest BCUT2D eigenvalue weighted by molar-refractivity contribution is -0.124. The molecule has 1 aliphatic rings. The summed E-state index contributed by atoms with van der Waals surface area (Å²) in [4.78, 5) is 37.0. The Bertz CT molecular complexity index is 1300. The van der Waals surface area contributed by atoms with Crippen molar-refractivity contribution in [3.05, 3.63) is 78.6 Å². The number of pyridine rings is 1. The van der Waals surface area contributed by atoms with Crippen molar-refractivity contribution in [2.24, 2.45) is 0 Å². The number of anilines is 2. The monoisotopic (exact) mass is 427 g/mol. The third kappa shape index (κ3) is 3.45. The van der Waals surface area contributed by atoms with Crippen LogP contribution in [-0.2, 0) is 16.1 Å². The van der Waals surface area contributed by atoms with E-state index in [0.29, 0.717) is 17.4 Å². The molecule has 4 aromatic rings. The van der Waals surface area contributed by atoms with Crippen LogP contribution in [0.4, 0.5) is 11.6 Å². The molecule has 0 saturated carbocycles. The van der Waals surface area contributed by atoms with Gasteiger partial charge in [0.2, 0.25) is 11.9 Å². The molecule has 2 amide bonds. The lowest BCUT2D eigenvalue weighted by atomic mass is 10.1. The number of hydrogen-bond donors (Lipinski definition) is 1. The summed E-state index contributed by atoms with van der Waals surface area (Å²) in [6.07, 6.45) is 1.67. The zero-order valence-electron chi connectivity index (χ0n) is 17.4. The summed E-state index contributed by atoms with van der Waals surface area (Å²) in [7, 11) is 1.55. The third-order valence-electron chi connectivity index (χ3n) is 5.49.